The van der Waals surface area contributed by atoms with E-state index in [4.69, 9.17) is 0 Å². The van der Waals surface area contributed by atoms with Crippen LogP contribution in [0.25, 0.3) is 0 Å². The van der Waals surface area contributed by atoms with Crippen molar-refractivity contribution in [2.75, 3.05) is 32.9 Å². The number of hydrogen-bond acceptors (Lipinski definition) is 5. The van der Waals surface area contributed by atoms with Crippen LogP contribution < -0.4 is 10.6 Å². The van der Waals surface area contributed by atoms with E-state index in [2.05, 4.69) is 15.6 Å². The maximum Gasteiger partial charge on any atom is 0.252 e. The Kier molecular flexibility index (Phi) is 11.5. The zero-order valence-electron chi connectivity index (χ0n) is 16.6. The fourth-order valence-corrected chi connectivity index (χ4v) is 6.87. The van der Waals surface area contributed by atoms with Crippen molar-refractivity contribution in [1.82, 2.24) is 14.9 Å². The molecule has 3 atom stereocenters. The SMILES string of the molecule is CCS(=O)C1CCCC(NC(=NC)NCCN(C)S(=O)(=O)c2cccs2)C1.I. The van der Waals surface area contributed by atoms with Gasteiger partial charge in [-0.25, -0.2) is 8.42 Å². The molecule has 0 bridgehead atoms. The lowest BCUT2D eigenvalue weighted by Crippen LogP contribution is -2.48. The average molecular weight is 563 g/mol. The standard InChI is InChI=1S/C17H30N4O3S3.HI/c1-4-26(22)15-8-5-7-14(13-15)20-17(18-2)19-10-11-21(3)27(23,24)16-9-6-12-25-16;/h6,9,12,14-15H,4-5,7-8,10-11,13H2,1-3H3,(H2,18,19,20);1H. The van der Waals surface area contributed by atoms with Gasteiger partial charge < -0.3 is 10.6 Å². The molecule has 28 heavy (non-hydrogen) atoms. The molecule has 7 nitrogen and oxygen atoms in total. The Bertz CT molecular complexity index is 741. The second-order valence-electron chi connectivity index (χ2n) is 6.56. The summed E-state index contributed by atoms with van der Waals surface area (Å²) in [7, 11) is -0.907. The number of halogens is 1. The Labute approximate surface area is 192 Å². The largest absolute Gasteiger partial charge is 0.355 e. The summed E-state index contributed by atoms with van der Waals surface area (Å²) >= 11 is 1.22. The first-order chi connectivity index (χ1) is 12.9. The zero-order valence-corrected chi connectivity index (χ0v) is 21.4. The summed E-state index contributed by atoms with van der Waals surface area (Å²) in [5.74, 6) is 1.36. The Morgan fingerprint density at radius 2 is 2.18 bits per heavy atom. The minimum absolute atomic E-state index is 0. The fraction of sp³-hybridized carbons (Fsp3) is 0.706. The quantitative estimate of drug-likeness (QED) is 0.288. The molecule has 1 aromatic heterocycles. The first-order valence-corrected chi connectivity index (χ1v) is 12.9. The van der Waals surface area contributed by atoms with Crippen LogP contribution in [0.1, 0.15) is 32.6 Å². The van der Waals surface area contributed by atoms with Crippen LogP contribution in [-0.2, 0) is 20.8 Å². The van der Waals surface area contributed by atoms with Crippen LogP contribution in [-0.4, -0.2) is 67.1 Å². The molecule has 1 aliphatic rings. The summed E-state index contributed by atoms with van der Waals surface area (Å²) in [6.07, 6.45) is 4.00. The molecule has 162 valence electrons. The van der Waals surface area contributed by atoms with Gasteiger partial charge >= 0.3 is 0 Å². The van der Waals surface area contributed by atoms with Crippen molar-refractivity contribution in [2.24, 2.45) is 4.99 Å². The Balaban J connectivity index is 0.00000392. The van der Waals surface area contributed by atoms with Gasteiger partial charge in [0.25, 0.3) is 10.0 Å². The van der Waals surface area contributed by atoms with Gasteiger partial charge in [-0.1, -0.05) is 19.4 Å². The van der Waals surface area contributed by atoms with Gasteiger partial charge in [0.1, 0.15) is 4.21 Å². The van der Waals surface area contributed by atoms with Crippen LogP contribution in [0.4, 0.5) is 0 Å². The molecular formula is C17H31IN4O3S3. The third-order valence-corrected chi connectivity index (χ3v) is 9.70. The van der Waals surface area contributed by atoms with Crippen molar-refractivity contribution in [3.63, 3.8) is 0 Å². The van der Waals surface area contributed by atoms with E-state index in [1.54, 1.807) is 31.6 Å². The predicted octanol–water partition coefficient (Wildman–Crippen LogP) is 2.23. The third kappa shape index (κ3) is 7.22. The number of nitrogens with zero attached hydrogens (tertiary/aromatic N) is 2. The van der Waals surface area contributed by atoms with E-state index in [1.165, 1.54) is 15.6 Å². The number of aliphatic imine (C=N–C) groups is 1. The van der Waals surface area contributed by atoms with Gasteiger partial charge in [0.05, 0.1) is 0 Å². The van der Waals surface area contributed by atoms with Crippen molar-refractivity contribution >= 4 is 62.1 Å². The van der Waals surface area contributed by atoms with Gasteiger partial charge in [0, 0.05) is 55.0 Å². The molecule has 3 unspecified atom stereocenters. The molecule has 1 aromatic rings. The number of guanidine groups is 1. The maximum absolute atomic E-state index is 12.4. The molecule has 0 radical (unpaired) electrons. The van der Waals surface area contributed by atoms with E-state index in [0.29, 0.717) is 29.0 Å². The van der Waals surface area contributed by atoms with Gasteiger partial charge in [-0.3, -0.25) is 9.20 Å². The summed E-state index contributed by atoms with van der Waals surface area (Å²) in [5.41, 5.74) is 0. The van der Waals surface area contributed by atoms with Crippen molar-refractivity contribution in [3.8, 4) is 0 Å². The van der Waals surface area contributed by atoms with E-state index in [9.17, 15) is 12.6 Å². The highest BCUT2D eigenvalue weighted by Gasteiger charge is 2.26. The number of nitrogens with one attached hydrogen (secondary N) is 2. The zero-order chi connectivity index (χ0) is 19.9. The number of thiophene rings is 1. The van der Waals surface area contributed by atoms with Crippen LogP contribution in [0.3, 0.4) is 0 Å². The van der Waals surface area contributed by atoms with E-state index < -0.39 is 20.8 Å². The molecule has 11 heteroatoms. The molecule has 0 aliphatic heterocycles. The van der Waals surface area contributed by atoms with Crippen molar-refractivity contribution in [1.29, 1.82) is 0 Å². The average Bonchev–Trinajstić information content (AvgIpc) is 3.22. The van der Waals surface area contributed by atoms with E-state index in [1.807, 2.05) is 6.92 Å². The number of likely N-dealkylation sites (N-methyl/N-ethyl adjacent to an activating group) is 1. The van der Waals surface area contributed by atoms with Gasteiger partial charge in [-0.15, -0.1) is 35.3 Å². The molecule has 2 rings (SSSR count). The monoisotopic (exact) mass is 562 g/mol. The smallest absolute Gasteiger partial charge is 0.252 e. The lowest BCUT2D eigenvalue weighted by molar-refractivity contribution is 0.412. The summed E-state index contributed by atoms with van der Waals surface area (Å²) in [5, 5.41) is 8.59. The van der Waals surface area contributed by atoms with E-state index in [-0.39, 0.29) is 35.3 Å². The van der Waals surface area contributed by atoms with Gasteiger partial charge in [-0.05, 0) is 30.7 Å². The van der Waals surface area contributed by atoms with Gasteiger partial charge in [-0.2, -0.15) is 4.31 Å². The summed E-state index contributed by atoms with van der Waals surface area (Å²) in [6.45, 7) is 2.76. The lowest BCUT2D eigenvalue weighted by atomic mass is 9.95. The van der Waals surface area contributed by atoms with Crippen LogP contribution >= 0.6 is 35.3 Å². The fourth-order valence-electron chi connectivity index (χ4n) is 3.15. The van der Waals surface area contributed by atoms with Gasteiger partial charge in [0.2, 0.25) is 0 Å². The van der Waals surface area contributed by atoms with E-state index in [0.717, 1.165) is 25.7 Å². The van der Waals surface area contributed by atoms with E-state index >= 15 is 0 Å². The van der Waals surface area contributed by atoms with Crippen LogP contribution in [0, 0.1) is 0 Å². The molecule has 0 aromatic carbocycles. The number of sulfonamides is 1. The molecule has 0 amide bonds. The Morgan fingerprint density at radius 3 is 2.79 bits per heavy atom. The van der Waals surface area contributed by atoms with Crippen molar-refractivity contribution in [2.45, 2.75) is 48.1 Å². The topological polar surface area (TPSA) is 90.9 Å². The second-order valence-corrected chi connectivity index (χ2v) is 11.8. The number of hydrogen-bond donors (Lipinski definition) is 2. The van der Waals surface area contributed by atoms with Gasteiger partial charge in [0.15, 0.2) is 5.96 Å². The third-order valence-electron chi connectivity index (χ3n) is 4.73. The molecule has 2 N–H and O–H groups in total. The van der Waals surface area contributed by atoms with Crippen molar-refractivity contribution < 1.29 is 12.6 Å². The normalized spacial score (nSPS) is 21.8. The van der Waals surface area contributed by atoms with Crippen LogP contribution in [0.2, 0.25) is 0 Å². The minimum atomic E-state index is -3.43. The first-order valence-electron chi connectivity index (χ1n) is 9.22. The summed E-state index contributed by atoms with van der Waals surface area (Å²) in [4.78, 5) is 4.23. The first kappa shape index (κ1) is 25.8. The maximum atomic E-state index is 12.4. The molecule has 0 spiro atoms. The summed E-state index contributed by atoms with van der Waals surface area (Å²) in [6, 6.07) is 3.60. The minimum Gasteiger partial charge on any atom is -0.355 e. The molecule has 1 aliphatic carbocycles. The van der Waals surface area contributed by atoms with Crippen LogP contribution in [0.5, 0.6) is 0 Å². The van der Waals surface area contributed by atoms with Crippen LogP contribution in [0.15, 0.2) is 26.7 Å². The highest BCUT2D eigenvalue weighted by Crippen LogP contribution is 2.23. The Hall–Kier alpha value is -0.240. The molecular weight excluding hydrogens is 531 g/mol. The highest BCUT2D eigenvalue weighted by atomic mass is 127. The molecule has 1 saturated carbocycles. The highest BCUT2D eigenvalue weighted by molar-refractivity contribution is 14.0. The molecule has 1 heterocycles. The lowest BCUT2D eigenvalue weighted by Gasteiger charge is -2.30. The van der Waals surface area contributed by atoms with Crippen molar-refractivity contribution in [3.05, 3.63) is 17.5 Å². The molecule has 1 fully saturated rings. The predicted molar refractivity (Wildman–Crippen MR) is 129 cm³/mol. The Morgan fingerprint density at radius 1 is 1.43 bits per heavy atom. The molecule has 0 saturated heterocycles. The second kappa shape index (κ2) is 12.5. The summed E-state index contributed by atoms with van der Waals surface area (Å²) < 4.78 is 38.6. The number of rotatable bonds is 8.